The van der Waals surface area contributed by atoms with Gasteiger partial charge in [-0.1, -0.05) is 0 Å². The molecule has 0 bridgehead atoms. The molecule has 1 saturated carbocycles. The molecule has 0 aromatic heterocycles. The van der Waals surface area contributed by atoms with Crippen LogP contribution in [0.2, 0.25) is 0 Å². The monoisotopic (exact) mass is 228 g/mol. The minimum absolute atomic E-state index is 0.397. The number of nitrogens with one attached hydrogen (secondary N) is 2. The van der Waals surface area contributed by atoms with E-state index in [9.17, 15) is 0 Å². The van der Waals surface area contributed by atoms with Crippen molar-refractivity contribution in [2.45, 2.75) is 25.4 Å². The number of hydrogen-bond donors (Lipinski definition) is 2. The summed E-state index contributed by atoms with van der Waals surface area (Å²) in [7, 11) is 0. The minimum atomic E-state index is 0.397. The Labute approximate surface area is 98.1 Å². The van der Waals surface area contributed by atoms with Crippen molar-refractivity contribution < 1.29 is 9.47 Å². The molecule has 0 radical (unpaired) electrons. The largest absolute Gasteiger partial charge is 0.380 e. The molecule has 4 heteroatoms. The minimum Gasteiger partial charge on any atom is -0.380 e. The highest BCUT2D eigenvalue weighted by Gasteiger charge is 2.20. The highest BCUT2D eigenvalue weighted by molar-refractivity contribution is 4.72. The number of rotatable bonds is 8. The Morgan fingerprint density at radius 1 is 1.31 bits per heavy atom. The Morgan fingerprint density at radius 2 is 2.25 bits per heavy atom. The molecule has 0 aromatic carbocycles. The van der Waals surface area contributed by atoms with Gasteiger partial charge in [0.1, 0.15) is 0 Å². The van der Waals surface area contributed by atoms with Crippen LogP contribution in [0.4, 0.5) is 0 Å². The molecule has 2 fully saturated rings. The molecule has 1 atom stereocenters. The van der Waals surface area contributed by atoms with Crippen LogP contribution in [0.5, 0.6) is 0 Å². The molecule has 4 nitrogen and oxygen atoms in total. The lowest BCUT2D eigenvalue weighted by atomic mass is 10.2. The summed E-state index contributed by atoms with van der Waals surface area (Å²) in [6.45, 7) is 6.66. The van der Waals surface area contributed by atoms with Gasteiger partial charge in [-0.2, -0.15) is 0 Å². The number of ether oxygens (including phenoxy) is 2. The summed E-state index contributed by atoms with van der Waals surface area (Å²) in [6, 6.07) is 0. The van der Waals surface area contributed by atoms with Crippen LogP contribution < -0.4 is 10.6 Å². The maximum Gasteiger partial charge on any atom is 0.0712 e. The summed E-state index contributed by atoms with van der Waals surface area (Å²) >= 11 is 0. The third-order valence-corrected chi connectivity index (χ3v) is 3.12. The van der Waals surface area contributed by atoms with E-state index in [4.69, 9.17) is 9.47 Å². The summed E-state index contributed by atoms with van der Waals surface area (Å²) in [5, 5.41) is 6.73. The molecule has 16 heavy (non-hydrogen) atoms. The van der Waals surface area contributed by atoms with Crippen LogP contribution >= 0.6 is 0 Å². The lowest BCUT2D eigenvalue weighted by Gasteiger charge is -2.23. The first-order valence-electron chi connectivity index (χ1n) is 6.56. The zero-order chi connectivity index (χ0) is 11.1. The molecule has 0 aromatic rings. The van der Waals surface area contributed by atoms with Crippen LogP contribution in [-0.4, -0.2) is 52.1 Å². The van der Waals surface area contributed by atoms with Gasteiger partial charge >= 0.3 is 0 Å². The van der Waals surface area contributed by atoms with E-state index in [2.05, 4.69) is 10.6 Å². The van der Waals surface area contributed by atoms with Crippen molar-refractivity contribution in [1.29, 1.82) is 0 Å². The topological polar surface area (TPSA) is 42.5 Å². The van der Waals surface area contributed by atoms with Gasteiger partial charge in [0.15, 0.2) is 0 Å². The SMILES string of the molecule is C(COCC1CC1)NCCC1CNCCO1. The van der Waals surface area contributed by atoms with Gasteiger partial charge in [0.2, 0.25) is 0 Å². The fraction of sp³-hybridized carbons (Fsp3) is 1.00. The predicted molar refractivity (Wildman–Crippen MR) is 63.6 cm³/mol. The molecule has 1 heterocycles. The Kier molecular flexibility index (Phi) is 5.55. The number of morpholine rings is 1. The summed E-state index contributed by atoms with van der Waals surface area (Å²) < 4.78 is 11.2. The van der Waals surface area contributed by atoms with E-state index in [1.54, 1.807) is 0 Å². The first-order chi connectivity index (χ1) is 7.95. The fourth-order valence-electron chi connectivity index (χ4n) is 1.87. The first kappa shape index (κ1) is 12.3. The summed E-state index contributed by atoms with van der Waals surface area (Å²) in [5.41, 5.74) is 0. The van der Waals surface area contributed by atoms with Gasteiger partial charge in [0.25, 0.3) is 0 Å². The van der Waals surface area contributed by atoms with Crippen LogP contribution in [0.1, 0.15) is 19.3 Å². The second kappa shape index (κ2) is 7.22. The summed E-state index contributed by atoms with van der Waals surface area (Å²) in [4.78, 5) is 0. The summed E-state index contributed by atoms with van der Waals surface area (Å²) in [5.74, 6) is 0.877. The fourth-order valence-corrected chi connectivity index (χ4v) is 1.87. The quantitative estimate of drug-likeness (QED) is 0.590. The lowest BCUT2D eigenvalue weighted by molar-refractivity contribution is 0.0235. The van der Waals surface area contributed by atoms with E-state index >= 15 is 0 Å². The third kappa shape index (κ3) is 5.25. The molecule has 94 valence electrons. The smallest absolute Gasteiger partial charge is 0.0712 e. The summed E-state index contributed by atoms with van der Waals surface area (Å²) in [6.07, 6.45) is 4.24. The van der Waals surface area contributed by atoms with Crippen molar-refractivity contribution in [3.05, 3.63) is 0 Å². The molecule has 0 amide bonds. The zero-order valence-corrected chi connectivity index (χ0v) is 10.0. The second-order valence-corrected chi connectivity index (χ2v) is 4.75. The van der Waals surface area contributed by atoms with Gasteiger partial charge < -0.3 is 20.1 Å². The van der Waals surface area contributed by atoms with E-state index in [1.807, 2.05) is 0 Å². The molecule has 1 aliphatic heterocycles. The Balaban J connectivity index is 1.33. The Hall–Kier alpha value is -0.160. The van der Waals surface area contributed by atoms with E-state index in [1.165, 1.54) is 12.8 Å². The van der Waals surface area contributed by atoms with Crippen LogP contribution in [0.15, 0.2) is 0 Å². The van der Waals surface area contributed by atoms with E-state index in [0.717, 1.165) is 58.3 Å². The average Bonchev–Trinajstić information content (AvgIpc) is 3.13. The van der Waals surface area contributed by atoms with Crippen LogP contribution in [0.25, 0.3) is 0 Å². The van der Waals surface area contributed by atoms with E-state index < -0.39 is 0 Å². The average molecular weight is 228 g/mol. The zero-order valence-electron chi connectivity index (χ0n) is 10.0. The molecule has 2 rings (SSSR count). The van der Waals surface area contributed by atoms with Gasteiger partial charge in [-0.05, 0) is 31.7 Å². The Morgan fingerprint density at radius 3 is 3.00 bits per heavy atom. The van der Waals surface area contributed by atoms with Crippen LogP contribution in [-0.2, 0) is 9.47 Å². The lowest BCUT2D eigenvalue weighted by Crippen LogP contribution is -2.40. The first-order valence-corrected chi connectivity index (χ1v) is 6.56. The van der Waals surface area contributed by atoms with E-state index in [-0.39, 0.29) is 0 Å². The molecule has 1 aliphatic carbocycles. The van der Waals surface area contributed by atoms with Crippen LogP contribution in [0.3, 0.4) is 0 Å². The number of hydrogen-bond acceptors (Lipinski definition) is 4. The highest BCUT2D eigenvalue weighted by atomic mass is 16.5. The maximum atomic E-state index is 5.61. The van der Waals surface area contributed by atoms with Crippen molar-refractivity contribution in [2.24, 2.45) is 5.92 Å². The van der Waals surface area contributed by atoms with Crippen molar-refractivity contribution in [1.82, 2.24) is 10.6 Å². The van der Waals surface area contributed by atoms with Crippen molar-refractivity contribution >= 4 is 0 Å². The molecule has 2 aliphatic rings. The van der Waals surface area contributed by atoms with Crippen LogP contribution in [0, 0.1) is 5.92 Å². The second-order valence-electron chi connectivity index (χ2n) is 4.75. The van der Waals surface area contributed by atoms with Crippen molar-refractivity contribution in [2.75, 3.05) is 46.0 Å². The van der Waals surface area contributed by atoms with Gasteiger partial charge in [0, 0.05) is 26.2 Å². The van der Waals surface area contributed by atoms with Gasteiger partial charge in [-0.15, -0.1) is 0 Å². The Bertz CT molecular complexity index is 180. The standard InChI is InChI=1S/C12H24N2O2/c1-2-11(1)10-15-7-5-13-4-3-12-9-14-6-8-16-12/h11-14H,1-10H2. The molecule has 2 N–H and O–H groups in total. The van der Waals surface area contributed by atoms with Crippen molar-refractivity contribution in [3.63, 3.8) is 0 Å². The van der Waals surface area contributed by atoms with E-state index in [0.29, 0.717) is 6.10 Å². The van der Waals surface area contributed by atoms with Gasteiger partial charge in [-0.3, -0.25) is 0 Å². The molecular weight excluding hydrogens is 204 g/mol. The van der Waals surface area contributed by atoms with Gasteiger partial charge in [0.05, 0.1) is 19.3 Å². The normalized spacial score (nSPS) is 25.9. The van der Waals surface area contributed by atoms with Gasteiger partial charge in [-0.25, -0.2) is 0 Å². The molecule has 0 spiro atoms. The molecule has 1 saturated heterocycles. The predicted octanol–water partition coefficient (Wildman–Crippen LogP) is 0.381. The third-order valence-electron chi connectivity index (χ3n) is 3.12. The maximum absolute atomic E-state index is 5.61. The van der Waals surface area contributed by atoms with Crippen molar-refractivity contribution in [3.8, 4) is 0 Å². The highest BCUT2D eigenvalue weighted by Crippen LogP contribution is 2.28. The molecule has 1 unspecified atom stereocenters. The molecular formula is C12H24N2O2.